The fourth-order valence-corrected chi connectivity index (χ4v) is 2.99. The zero-order valence-electron chi connectivity index (χ0n) is 12.0. The SMILES string of the molecule is C=CCCC(=O)O[C@H]1CC[C@H](c2ccc(Br)c(F)c2)CC1. The van der Waals surface area contributed by atoms with E-state index in [1.165, 1.54) is 0 Å². The van der Waals surface area contributed by atoms with Gasteiger partial charge in [-0.25, -0.2) is 4.39 Å². The van der Waals surface area contributed by atoms with Gasteiger partial charge in [0, 0.05) is 6.42 Å². The normalized spacial score (nSPS) is 21.8. The summed E-state index contributed by atoms with van der Waals surface area (Å²) in [5.74, 6) is -0.00533. The molecule has 0 saturated heterocycles. The predicted molar refractivity (Wildman–Crippen MR) is 84.6 cm³/mol. The van der Waals surface area contributed by atoms with Gasteiger partial charge in [0.1, 0.15) is 11.9 Å². The maximum Gasteiger partial charge on any atom is 0.306 e. The molecule has 0 atom stereocenters. The van der Waals surface area contributed by atoms with Crippen molar-refractivity contribution < 1.29 is 13.9 Å². The molecule has 1 fully saturated rings. The molecule has 2 nitrogen and oxygen atoms in total. The van der Waals surface area contributed by atoms with Gasteiger partial charge >= 0.3 is 5.97 Å². The fraction of sp³-hybridized carbons (Fsp3) is 0.471. The van der Waals surface area contributed by atoms with E-state index in [2.05, 4.69) is 22.5 Å². The van der Waals surface area contributed by atoms with Gasteiger partial charge in [-0.1, -0.05) is 12.1 Å². The van der Waals surface area contributed by atoms with Crippen molar-refractivity contribution in [3.05, 3.63) is 46.7 Å². The van der Waals surface area contributed by atoms with Gasteiger partial charge in [-0.3, -0.25) is 4.79 Å². The lowest BCUT2D eigenvalue weighted by Crippen LogP contribution is -2.23. The molecular weight excluding hydrogens is 335 g/mol. The van der Waals surface area contributed by atoms with Crippen molar-refractivity contribution >= 4 is 21.9 Å². The third-order valence-corrected chi connectivity index (χ3v) is 4.58. The van der Waals surface area contributed by atoms with E-state index in [4.69, 9.17) is 4.74 Å². The number of hydrogen-bond donors (Lipinski definition) is 0. The van der Waals surface area contributed by atoms with Crippen LogP contribution in [0.5, 0.6) is 0 Å². The first kappa shape index (κ1) is 16.2. The van der Waals surface area contributed by atoms with E-state index in [1.54, 1.807) is 18.2 Å². The van der Waals surface area contributed by atoms with Gasteiger partial charge in [0.2, 0.25) is 0 Å². The lowest BCUT2D eigenvalue weighted by Gasteiger charge is -2.28. The van der Waals surface area contributed by atoms with Gasteiger partial charge in [0.25, 0.3) is 0 Å². The highest BCUT2D eigenvalue weighted by Gasteiger charge is 2.25. The lowest BCUT2D eigenvalue weighted by atomic mass is 9.83. The van der Waals surface area contributed by atoms with E-state index in [0.29, 0.717) is 23.2 Å². The molecule has 0 unspecified atom stereocenters. The number of carbonyl (C=O) groups excluding carboxylic acids is 1. The van der Waals surface area contributed by atoms with Gasteiger partial charge in [0.15, 0.2) is 0 Å². The molecule has 0 aliphatic heterocycles. The Morgan fingerprint density at radius 2 is 2.10 bits per heavy atom. The Morgan fingerprint density at radius 3 is 2.71 bits per heavy atom. The molecule has 0 heterocycles. The van der Waals surface area contributed by atoms with E-state index >= 15 is 0 Å². The molecule has 1 saturated carbocycles. The summed E-state index contributed by atoms with van der Waals surface area (Å²) in [5.41, 5.74) is 1.03. The maximum atomic E-state index is 13.6. The molecule has 1 aliphatic rings. The minimum atomic E-state index is -0.217. The first-order valence-electron chi connectivity index (χ1n) is 7.35. The van der Waals surface area contributed by atoms with Crippen LogP contribution in [0.2, 0.25) is 0 Å². The molecule has 0 bridgehead atoms. The molecule has 4 heteroatoms. The van der Waals surface area contributed by atoms with Crippen molar-refractivity contribution in [3.8, 4) is 0 Å². The van der Waals surface area contributed by atoms with Crippen molar-refractivity contribution in [1.29, 1.82) is 0 Å². The van der Waals surface area contributed by atoms with Gasteiger partial charge in [-0.05, 0) is 71.6 Å². The predicted octanol–water partition coefficient (Wildman–Crippen LogP) is 5.12. The average molecular weight is 355 g/mol. The van der Waals surface area contributed by atoms with Crippen LogP contribution in [0.4, 0.5) is 4.39 Å². The number of ether oxygens (including phenoxy) is 1. The lowest BCUT2D eigenvalue weighted by molar-refractivity contribution is -0.150. The summed E-state index contributed by atoms with van der Waals surface area (Å²) in [4.78, 5) is 11.6. The summed E-state index contributed by atoms with van der Waals surface area (Å²) in [5, 5.41) is 0. The number of carbonyl (C=O) groups is 1. The van der Waals surface area contributed by atoms with E-state index in [-0.39, 0.29) is 17.9 Å². The number of rotatable bonds is 5. The Bertz CT molecular complexity index is 508. The molecular formula is C17H20BrFO2. The number of esters is 1. The molecule has 0 radical (unpaired) electrons. The summed E-state index contributed by atoms with van der Waals surface area (Å²) >= 11 is 3.17. The molecule has 1 aliphatic carbocycles. The number of allylic oxidation sites excluding steroid dienone is 1. The van der Waals surface area contributed by atoms with Gasteiger partial charge < -0.3 is 4.74 Å². The van der Waals surface area contributed by atoms with E-state index in [9.17, 15) is 9.18 Å². The first-order valence-corrected chi connectivity index (χ1v) is 8.14. The Hall–Kier alpha value is -1.16. The van der Waals surface area contributed by atoms with Crippen molar-refractivity contribution in [2.45, 2.75) is 50.5 Å². The smallest absolute Gasteiger partial charge is 0.306 e. The van der Waals surface area contributed by atoms with Gasteiger partial charge in [-0.2, -0.15) is 0 Å². The third-order valence-electron chi connectivity index (χ3n) is 3.94. The Morgan fingerprint density at radius 1 is 1.38 bits per heavy atom. The quantitative estimate of drug-likeness (QED) is 0.541. The van der Waals surface area contributed by atoms with Crippen LogP contribution in [0.1, 0.15) is 50.0 Å². The van der Waals surface area contributed by atoms with Crippen molar-refractivity contribution in [2.24, 2.45) is 0 Å². The summed E-state index contributed by atoms with van der Waals surface area (Å²) < 4.78 is 19.5. The highest BCUT2D eigenvalue weighted by atomic mass is 79.9. The molecule has 1 aromatic carbocycles. The van der Waals surface area contributed by atoms with Crippen molar-refractivity contribution in [1.82, 2.24) is 0 Å². The maximum absolute atomic E-state index is 13.6. The van der Waals surface area contributed by atoms with Crippen LogP contribution >= 0.6 is 15.9 Å². The molecule has 1 aromatic rings. The molecule has 0 aromatic heterocycles. The third kappa shape index (κ3) is 4.67. The van der Waals surface area contributed by atoms with Crippen LogP contribution < -0.4 is 0 Å². The van der Waals surface area contributed by atoms with Crippen LogP contribution in [0, 0.1) is 5.82 Å². The number of benzene rings is 1. The molecule has 0 amide bonds. The Kier molecular flexibility index (Phi) is 5.97. The highest BCUT2D eigenvalue weighted by Crippen LogP contribution is 2.35. The minimum absolute atomic E-state index is 0.0128. The monoisotopic (exact) mass is 354 g/mol. The summed E-state index contributed by atoms with van der Waals surface area (Å²) in [6, 6.07) is 5.32. The van der Waals surface area contributed by atoms with Gasteiger partial charge in [-0.15, -0.1) is 6.58 Å². The van der Waals surface area contributed by atoms with E-state index in [0.717, 1.165) is 31.2 Å². The number of halogens is 2. The van der Waals surface area contributed by atoms with E-state index < -0.39 is 0 Å². The van der Waals surface area contributed by atoms with Crippen LogP contribution in [-0.2, 0) is 9.53 Å². The Labute approximate surface area is 133 Å². The van der Waals surface area contributed by atoms with Crippen molar-refractivity contribution in [3.63, 3.8) is 0 Å². The van der Waals surface area contributed by atoms with E-state index in [1.807, 2.05) is 6.07 Å². The average Bonchev–Trinajstić information content (AvgIpc) is 2.49. The summed E-state index contributed by atoms with van der Waals surface area (Å²) in [6.45, 7) is 3.59. The topological polar surface area (TPSA) is 26.3 Å². The second kappa shape index (κ2) is 7.74. The second-order valence-corrected chi connectivity index (χ2v) is 6.32. The number of hydrogen-bond acceptors (Lipinski definition) is 2. The van der Waals surface area contributed by atoms with Gasteiger partial charge in [0.05, 0.1) is 4.47 Å². The first-order chi connectivity index (χ1) is 10.1. The zero-order valence-corrected chi connectivity index (χ0v) is 13.6. The summed E-state index contributed by atoms with van der Waals surface area (Å²) in [7, 11) is 0. The molecule has 0 spiro atoms. The largest absolute Gasteiger partial charge is 0.462 e. The summed E-state index contributed by atoms with van der Waals surface area (Å²) in [6.07, 6.45) is 6.36. The van der Waals surface area contributed by atoms with Crippen molar-refractivity contribution in [2.75, 3.05) is 0 Å². The molecule has 114 valence electrons. The van der Waals surface area contributed by atoms with Crippen LogP contribution in [-0.4, -0.2) is 12.1 Å². The Balaban J connectivity index is 1.84. The second-order valence-electron chi connectivity index (χ2n) is 5.46. The molecule has 2 rings (SSSR count). The zero-order chi connectivity index (χ0) is 15.2. The van der Waals surface area contributed by atoms with Crippen LogP contribution in [0.25, 0.3) is 0 Å². The molecule has 0 N–H and O–H groups in total. The fourth-order valence-electron chi connectivity index (χ4n) is 2.75. The standard InChI is InChI=1S/C17H20BrFO2/c1-2-3-4-17(20)21-14-8-5-12(6-9-14)13-7-10-15(18)16(19)11-13/h2,7,10-12,14H,1,3-6,8-9H2/t12-,14-. The van der Waals surface area contributed by atoms with Crippen LogP contribution in [0.3, 0.4) is 0 Å². The molecule has 21 heavy (non-hydrogen) atoms. The van der Waals surface area contributed by atoms with Crippen LogP contribution in [0.15, 0.2) is 35.3 Å². The minimum Gasteiger partial charge on any atom is -0.462 e. The highest BCUT2D eigenvalue weighted by molar-refractivity contribution is 9.10.